The maximum absolute atomic E-state index is 15.0. The van der Waals surface area contributed by atoms with E-state index in [1.807, 2.05) is 18.2 Å². The summed E-state index contributed by atoms with van der Waals surface area (Å²) in [6, 6.07) is 14.0. The number of anilines is 1. The van der Waals surface area contributed by atoms with Gasteiger partial charge in [0.05, 0.1) is 23.9 Å². The molecule has 2 amide bonds. The van der Waals surface area contributed by atoms with Crippen molar-refractivity contribution in [2.45, 2.75) is 73.0 Å². The molecule has 300 valence electrons. The molecule has 1 N–H and O–H groups in total. The molecule has 4 saturated heterocycles. The summed E-state index contributed by atoms with van der Waals surface area (Å²) in [7, 11) is -2.23. The number of carbonyl (C=O) groups is 2. The number of rotatable bonds is 13. The first-order valence-corrected chi connectivity index (χ1v) is 21.7. The van der Waals surface area contributed by atoms with Gasteiger partial charge >= 0.3 is 6.09 Å². The Labute approximate surface area is 325 Å². The fourth-order valence-electron chi connectivity index (χ4n) is 10.6. The lowest BCUT2D eigenvalue weighted by atomic mass is 9.57. The number of halogens is 2. The number of amides is 2. The number of methoxy groups -OCH3 is 1. The smallest absolute Gasteiger partial charge is 0.407 e. The van der Waals surface area contributed by atoms with Crippen molar-refractivity contribution in [1.82, 2.24) is 20.0 Å². The van der Waals surface area contributed by atoms with Gasteiger partial charge in [0.15, 0.2) is 9.84 Å². The van der Waals surface area contributed by atoms with Gasteiger partial charge in [0.1, 0.15) is 5.82 Å². The Morgan fingerprint density at radius 3 is 2.35 bits per heavy atom. The number of hydrogen-bond acceptors (Lipinski definition) is 8. The fraction of sp³-hybridized carbons (Fsp3) is 0.619. The van der Waals surface area contributed by atoms with Gasteiger partial charge in [0.25, 0.3) is 0 Å². The second kappa shape index (κ2) is 16.5. The van der Waals surface area contributed by atoms with Gasteiger partial charge in [-0.1, -0.05) is 25.1 Å². The lowest BCUT2D eigenvalue weighted by Crippen LogP contribution is -2.63. The lowest BCUT2D eigenvalue weighted by Gasteiger charge is -2.55. The molecule has 0 aromatic heterocycles. The molecule has 13 heteroatoms. The minimum Gasteiger partial charge on any atom is -0.453 e. The second-order valence-electron chi connectivity index (χ2n) is 16.8. The number of piperidine rings is 2. The number of benzene rings is 2. The highest BCUT2D eigenvalue weighted by Gasteiger charge is 2.54. The van der Waals surface area contributed by atoms with Crippen LogP contribution in [0.5, 0.6) is 0 Å². The van der Waals surface area contributed by atoms with E-state index in [0.29, 0.717) is 39.0 Å². The molecule has 0 radical (unpaired) electrons. The maximum atomic E-state index is 15.0. The van der Waals surface area contributed by atoms with E-state index in [0.717, 1.165) is 82.5 Å². The molecular weight excluding hydrogens is 725 g/mol. The van der Waals surface area contributed by atoms with E-state index in [1.165, 1.54) is 19.3 Å². The highest BCUT2D eigenvalue weighted by molar-refractivity contribution is 7.92. The Balaban J connectivity index is 1.02. The van der Waals surface area contributed by atoms with Gasteiger partial charge in [0.2, 0.25) is 5.91 Å². The number of likely N-dealkylation sites (tertiary alicyclic amines) is 3. The van der Waals surface area contributed by atoms with E-state index in [2.05, 4.69) is 32.7 Å². The quantitative estimate of drug-likeness (QED) is 0.269. The van der Waals surface area contributed by atoms with Crippen molar-refractivity contribution in [3.63, 3.8) is 0 Å². The molecule has 0 unspecified atom stereocenters. The van der Waals surface area contributed by atoms with Crippen molar-refractivity contribution in [3.05, 3.63) is 72.6 Å². The fourth-order valence-corrected chi connectivity index (χ4v) is 12.3. The van der Waals surface area contributed by atoms with Crippen LogP contribution >= 0.6 is 0 Å². The molecule has 4 atom stereocenters. The van der Waals surface area contributed by atoms with E-state index in [-0.39, 0.29) is 46.5 Å². The van der Waals surface area contributed by atoms with Gasteiger partial charge in [-0.3, -0.25) is 9.18 Å². The Morgan fingerprint density at radius 1 is 0.964 bits per heavy atom. The first-order valence-electron chi connectivity index (χ1n) is 20.1. The summed E-state index contributed by atoms with van der Waals surface area (Å²) in [5.74, 6) is -0.112. The summed E-state index contributed by atoms with van der Waals surface area (Å²) in [6.07, 6.45) is 7.67. The zero-order valence-electron chi connectivity index (χ0n) is 32.1. The summed E-state index contributed by atoms with van der Waals surface area (Å²) in [4.78, 5) is 33.5. The normalized spacial score (nSPS) is 26.1. The molecule has 0 spiro atoms. The van der Waals surface area contributed by atoms with Crippen molar-refractivity contribution >= 4 is 27.5 Å². The predicted molar refractivity (Wildman–Crippen MR) is 209 cm³/mol. The zero-order chi connectivity index (χ0) is 38.8. The SMILES string of the molecule is C=CC(=O)N1CCC[C@@H](S(=O)(=O)c2ccc(N3CC(CF)(CN4CCC([C@@](CN5CCC5)(c5cccc(F)c5)[C@H]5CCC[C@@H]5NC(=O)OC)CC4)C3)cc2)C1. The minimum absolute atomic E-state index is 0.0643. The molecular formula is C42H57F2N5O5S. The van der Waals surface area contributed by atoms with Crippen LogP contribution in [0.25, 0.3) is 0 Å². The third-order valence-electron chi connectivity index (χ3n) is 13.5. The first-order chi connectivity index (χ1) is 26.5. The van der Waals surface area contributed by atoms with Crippen molar-refractivity contribution in [1.29, 1.82) is 0 Å². The van der Waals surface area contributed by atoms with E-state index in [1.54, 1.807) is 23.1 Å². The van der Waals surface area contributed by atoms with E-state index in [4.69, 9.17) is 4.74 Å². The van der Waals surface area contributed by atoms with Crippen molar-refractivity contribution in [3.8, 4) is 0 Å². The number of nitrogens with one attached hydrogen (secondary N) is 1. The largest absolute Gasteiger partial charge is 0.453 e. The third-order valence-corrected chi connectivity index (χ3v) is 15.7. The second-order valence-corrected chi connectivity index (χ2v) is 19.0. The minimum atomic E-state index is -3.63. The van der Waals surface area contributed by atoms with Gasteiger partial charge in [-0.2, -0.15) is 0 Å². The number of alkyl carbamates (subject to hydrolysis) is 1. The Kier molecular flexibility index (Phi) is 11.9. The van der Waals surface area contributed by atoms with Crippen LogP contribution in [0, 0.1) is 23.1 Å². The maximum Gasteiger partial charge on any atom is 0.407 e. The monoisotopic (exact) mass is 781 g/mol. The Morgan fingerprint density at radius 2 is 1.71 bits per heavy atom. The number of alkyl halides is 1. The number of hydrogen-bond donors (Lipinski definition) is 1. The molecule has 4 heterocycles. The number of sulfone groups is 1. The van der Waals surface area contributed by atoms with Crippen LogP contribution in [0.3, 0.4) is 0 Å². The van der Waals surface area contributed by atoms with Crippen molar-refractivity contribution in [2.24, 2.45) is 17.3 Å². The summed E-state index contributed by atoms with van der Waals surface area (Å²) in [6.45, 7) is 9.99. The van der Waals surface area contributed by atoms with Crippen LogP contribution in [-0.4, -0.2) is 126 Å². The average molecular weight is 782 g/mol. The van der Waals surface area contributed by atoms with Gasteiger partial charge in [-0.15, -0.1) is 0 Å². The molecule has 2 aromatic carbocycles. The molecule has 0 bridgehead atoms. The van der Waals surface area contributed by atoms with E-state index in [9.17, 15) is 22.4 Å². The molecule has 1 aliphatic carbocycles. The van der Waals surface area contributed by atoms with Gasteiger partial charge < -0.3 is 29.7 Å². The van der Waals surface area contributed by atoms with Crippen molar-refractivity contribution < 1.29 is 31.5 Å². The summed E-state index contributed by atoms with van der Waals surface area (Å²) >= 11 is 0. The third kappa shape index (κ3) is 8.03. The number of carbonyl (C=O) groups excluding carboxylic acids is 2. The van der Waals surface area contributed by atoms with Gasteiger partial charge in [-0.25, -0.2) is 17.6 Å². The summed E-state index contributed by atoms with van der Waals surface area (Å²) in [5, 5.41) is 2.50. The van der Waals surface area contributed by atoms with E-state index < -0.39 is 33.3 Å². The van der Waals surface area contributed by atoms with Gasteiger partial charge in [-0.05, 0) is 131 Å². The first kappa shape index (κ1) is 39.7. The van der Waals surface area contributed by atoms with Crippen LogP contribution in [0.4, 0.5) is 19.3 Å². The lowest BCUT2D eigenvalue weighted by molar-refractivity contribution is -0.126. The molecule has 7 rings (SSSR count). The van der Waals surface area contributed by atoms with Crippen molar-refractivity contribution in [2.75, 3.05) is 84.1 Å². The topological polar surface area (TPSA) is 103 Å². The van der Waals surface area contributed by atoms with Gasteiger partial charge in [0, 0.05) is 61.8 Å². The molecule has 10 nitrogen and oxygen atoms in total. The molecule has 55 heavy (non-hydrogen) atoms. The van der Waals surface area contributed by atoms with E-state index >= 15 is 4.39 Å². The molecule has 1 saturated carbocycles. The Bertz CT molecular complexity index is 1800. The van der Waals surface area contributed by atoms with Crippen LogP contribution in [-0.2, 0) is 24.8 Å². The molecule has 4 aliphatic heterocycles. The Hall–Kier alpha value is -3.55. The molecule has 5 aliphatic rings. The predicted octanol–water partition coefficient (Wildman–Crippen LogP) is 5.43. The summed E-state index contributed by atoms with van der Waals surface area (Å²) in [5.41, 5.74) is 1.00. The average Bonchev–Trinajstić information content (AvgIpc) is 3.64. The zero-order valence-corrected chi connectivity index (χ0v) is 33.0. The summed E-state index contributed by atoms with van der Waals surface area (Å²) < 4.78 is 62.0. The highest BCUT2D eigenvalue weighted by Crippen LogP contribution is 2.52. The van der Waals surface area contributed by atoms with Crippen LogP contribution in [0.15, 0.2) is 66.1 Å². The van der Waals surface area contributed by atoms with Crippen LogP contribution < -0.4 is 10.2 Å². The number of nitrogens with zero attached hydrogens (tertiary/aromatic N) is 4. The molecule has 2 aromatic rings. The van der Waals surface area contributed by atoms with Crippen LogP contribution in [0.1, 0.15) is 56.9 Å². The number of ether oxygens (including phenoxy) is 1. The molecule has 5 fully saturated rings. The highest BCUT2D eigenvalue weighted by atomic mass is 32.2. The standard InChI is InChI=1S/C42H57F2N5O5S/c1-3-39(50)48-21-6-10-36(25-48)55(52,53)35-15-13-34(14-16-35)49-28-41(26-43,29-49)27-47-22-17-31(18-23-47)42(30-46-19-7-20-46,32-8-4-9-33(44)24-32)37-11-5-12-38(37)45-40(51)54-2/h3-4,8-9,13-16,24,31,36-38H,1,5-7,10-12,17-23,25-30H2,2H3,(H,45,51)/t36-,37+,38+,42+/m1/s1. The van der Waals surface area contributed by atoms with Crippen LogP contribution in [0.2, 0.25) is 0 Å².